The molecule has 0 amide bonds. The van der Waals surface area contributed by atoms with E-state index in [4.69, 9.17) is 0 Å². The quantitative estimate of drug-likeness (QED) is 0.921. The van der Waals surface area contributed by atoms with Gasteiger partial charge in [0.05, 0.1) is 0 Å². The van der Waals surface area contributed by atoms with Crippen LogP contribution in [0.5, 0.6) is 0 Å². The third kappa shape index (κ3) is 3.39. The lowest BCUT2D eigenvalue weighted by atomic mass is 10.2. The van der Waals surface area contributed by atoms with Crippen molar-refractivity contribution in [1.82, 2.24) is 19.8 Å². The number of hydrogen-bond donors (Lipinski definition) is 1. The van der Waals surface area contributed by atoms with Gasteiger partial charge in [-0.05, 0) is 18.8 Å². The lowest BCUT2D eigenvalue weighted by Gasteiger charge is -2.34. The Morgan fingerprint density at radius 2 is 1.73 bits per heavy atom. The maximum Gasteiger partial charge on any atom is 0.137 e. The van der Waals surface area contributed by atoms with E-state index in [1.165, 1.54) is 51.3 Å². The van der Waals surface area contributed by atoms with Gasteiger partial charge in [0.1, 0.15) is 5.82 Å². The van der Waals surface area contributed by atoms with Crippen molar-refractivity contribution in [3.63, 3.8) is 0 Å². The van der Waals surface area contributed by atoms with Crippen molar-refractivity contribution >= 4 is 0 Å². The van der Waals surface area contributed by atoms with Gasteiger partial charge in [0, 0.05) is 56.7 Å². The molecule has 0 atom stereocenters. The van der Waals surface area contributed by atoms with E-state index in [1.807, 2.05) is 12.3 Å². The van der Waals surface area contributed by atoms with Crippen LogP contribution >= 0.6 is 0 Å². The zero-order chi connectivity index (χ0) is 14.8. The summed E-state index contributed by atoms with van der Waals surface area (Å²) in [7, 11) is 0. The summed E-state index contributed by atoms with van der Waals surface area (Å²) in [6.45, 7) is 7.10. The molecule has 0 spiro atoms. The predicted molar refractivity (Wildman–Crippen MR) is 88.5 cm³/mol. The Bertz CT molecular complexity index is 595. The van der Waals surface area contributed by atoms with E-state index in [1.54, 1.807) is 0 Å². The number of H-pyrrole nitrogens is 1. The third-order valence-electron chi connectivity index (χ3n) is 4.75. The van der Waals surface area contributed by atoms with Gasteiger partial charge in [-0.1, -0.05) is 30.3 Å². The lowest BCUT2D eigenvalue weighted by molar-refractivity contribution is 0.122. The number of aromatic nitrogens is 2. The standard InChI is InChI=1S/C18H24N4/c1-2-4-16(5-3-1)18-19-12-17(20-18)14-22-10-8-21(9-11-22)13-15-6-7-15/h1-5,12,15H,6-11,13-14H2,(H,19,20). The van der Waals surface area contributed by atoms with Gasteiger partial charge in [-0.3, -0.25) is 4.90 Å². The van der Waals surface area contributed by atoms with Gasteiger partial charge in [-0.15, -0.1) is 0 Å². The Morgan fingerprint density at radius 3 is 2.45 bits per heavy atom. The summed E-state index contributed by atoms with van der Waals surface area (Å²) in [4.78, 5) is 13.2. The van der Waals surface area contributed by atoms with Gasteiger partial charge < -0.3 is 9.88 Å². The number of benzene rings is 1. The smallest absolute Gasteiger partial charge is 0.137 e. The fraction of sp³-hybridized carbons (Fsp3) is 0.500. The second-order valence-electron chi connectivity index (χ2n) is 6.64. The predicted octanol–water partition coefficient (Wildman–Crippen LogP) is 2.60. The van der Waals surface area contributed by atoms with E-state index in [0.29, 0.717) is 0 Å². The molecule has 116 valence electrons. The average Bonchev–Trinajstić information content (AvgIpc) is 3.26. The molecule has 2 aliphatic rings. The number of aromatic amines is 1. The van der Waals surface area contributed by atoms with Gasteiger partial charge in [-0.25, -0.2) is 4.98 Å². The van der Waals surface area contributed by atoms with E-state index in [9.17, 15) is 0 Å². The molecule has 22 heavy (non-hydrogen) atoms. The Balaban J connectivity index is 1.31. The van der Waals surface area contributed by atoms with Crippen LogP contribution in [0.1, 0.15) is 18.5 Å². The van der Waals surface area contributed by atoms with Gasteiger partial charge in [0.2, 0.25) is 0 Å². The van der Waals surface area contributed by atoms with Crippen LogP contribution in [0.4, 0.5) is 0 Å². The van der Waals surface area contributed by atoms with Gasteiger partial charge in [-0.2, -0.15) is 0 Å². The molecular formula is C18H24N4. The molecule has 2 aromatic rings. The molecule has 2 fully saturated rings. The summed E-state index contributed by atoms with van der Waals surface area (Å²) in [5.74, 6) is 1.98. The highest BCUT2D eigenvalue weighted by Crippen LogP contribution is 2.30. The second kappa shape index (κ2) is 6.23. The van der Waals surface area contributed by atoms with Crippen molar-refractivity contribution in [3.05, 3.63) is 42.2 Å². The third-order valence-corrected chi connectivity index (χ3v) is 4.75. The maximum atomic E-state index is 4.52. The fourth-order valence-electron chi connectivity index (χ4n) is 3.22. The first-order valence-corrected chi connectivity index (χ1v) is 8.41. The molecule has 1 aromatic carbocycles. The average molecular weight is 296 g/mol. The molecule has 0 unspecified atom stereocenters. The highest BCUT2D eigenvalue weighted by Gasteiger charge is 2.26. The molecule has 4 nitrogen and oxygen atoms in total. The van der Waals surface area contributed by atoms with Crippen LogP contribution in [-0.4, -0.2) is 52.5 Å². The first-order chi connectivity index (χ1) is 10.9. The Hall–Kier alpha value is -1.65. The molecule has 4 heteroatoms. The number of piperazine rings is 1. The first-order valence-electron chi connectivity index (χ1n) is 8.41. The molecule has 4 rings (SSSR count). The fourth-order valence-corrected chi connectivity index (χ4v) is 3.22. The van der Waals surface area contributed by atoms with E-state index in [2.05, 4.69) is 44.0 Å². The molecular weight excluding hydrogens is 272 g/mol. The molecule has 0 radical (unpaired) electrons. The minimum absolute atomic E-state index is 0.975. The number of rotatable bonds is 5. The van der Waals surface area contributed by atoms with Crippen molar-refractivity contribution < 1.29 is 0 Å². The van der Waals surface area contributed by atoms with Gasteiger partial charge in [0.25, 0.3) is 0 Å². The van der Waals surface area contributed by atoms with Crippen LogP contribution in [0.25, 0.3) is 11.4 Å². The van der Waals surface area contributed by atoms with Crippen molar-refractivity contribution in [2.75, 3.05) is 32.7 Å². The zero-order valence-electron chi connectivity index (χ0n) is 13.0. The summed E-state index contributed by atoms with van der Waals surface area (Å²) < 4.78 is 0. The van der Waals surface area contributed by atoms with Crippen molar-refractivity contribution in [3.8, 4) is 11.4 Å². The Labute approximate surface area is 132 Å². The zero-order valence-corrected chi connectivity index (χ0v) is 13.0. The van der Waals surface area contributed by atoms with Crippen LogP contribution in [0.15, 0.2) is 36.5 Å². The second-order valence-corrected chi connectivity index (χ2v) is 6.64. The monoisotopic (exact) mass is 296 g/mol. The van der Waals surface area contributed by atoms with E-state index < -0.39 is 0 Å². The van der Waals surface area contributed by atoms with Crippen LogP contribution in [0.2, 0.25) is 0 Å². The minimum atomic E-state index is 0.975. The van der Waals surface area contributed by atoms with Gasteiger partial charge >= 0.3 is 0 Å². The summed E-state index contributed by atoms with van der Waals surface area (Å²) in [5.41, 5.74) is 2.37. The minimum Gasteiger partial charge on any atom is -0.341 e. The van der Waals surface area contributed by atoms with Gasteiger partial charge in [0.15, 0.2) is 0 Å². The van der Waals surface area contributed by atoms with Crippen LogP contribution in [0, 0.1) is 5.92 Å². The first kappa shape index (κ1) is 14.0. The van der Waals surface area contributed by atoms with Crippen molar-refractivity contribution in [2.45, 2.75) is 19.4 Å². The lowest BCUT2D eigenvalue weighted by Crippen LogP contribution is -2.46. The van der Waals surface area contributed by atoms with Crippen LogP contribution < -0.4 is 0 Å². The van der Waals surface area contributed by atoms with Crippen LogP contribution in [-0.2, 0) is 6.54 Å². The maximum absolute atomic E-state index is 4.52. The van der Waals surface area contributed by atoms with Crippen LogP contribution in [0.3, 0.4) is 0 Å². The molecule has 1 saturated heterocycles. The molecule has 1 saturated carbocycles. The topological polar surface area (TPSA) is 35.2 Å². The number of nitrogens with one attached hydrogen (secondary N) is 1. The molecule has 0 bridgehead atoms. The Kier molecular flexibility index (Phi) is 3.95. The molecule has 1 aromatic heterocycles. The molecule has 1 aliphatic carbocycles. The summed E-state index contributed by atoms with van der Waals surface area (Å²) in [6, 6.07) is 10.3. The molecule has 1 aliphatic heterocycles. The number of nitrogens with zero attached hydrogens (tertiary/aromatic N) is 3. The number of hydrogen-bond acceptors (Lipinski definition) is 3. The normalized spacial score (nSPS) is 20.4. The molecule has 2 heterocycles. The highest BCUT2D eigenvalue weighted by atomic mass is 15.3. The summed E-state index contributed by atoms with van der Waals surface area (Å²) in [5, 5.41) is 0. The Morgan fingerprint density at radius 1 is 1.00 bits per heavy atom. The summed E-state index contributed by atoms with van der Waals surface area (Å²) in [6.07, 6.45) is 4.89. The molecule has 1 N–H and O–H groups in total. The van der Waals surface area contributed by atoms with Crippen molar-refractivity contribution in [2.24, 2.45) is 5.92 Å². The number of imidazole rings is 1. The summed E-state index contributed by atoms with van der Waals surface area (Å²) >= 11 is 0. The van der Waals surface area contributed by atoms with Crippen molar-refractivity contribution in [1.29, 1.82) is 0 Å². The van der Waals surface area contributed by atoms with E-state index in [0.717, 1.165) is 23.9 Å². The largest absolute Gasteiger partial charge is 0.341 e. The van der Waals surface area contributed by atoms with E-state index >= 15 is 0 Å². The van der Waals surface area contributed by atoms with E-state index in [-0.39, 0.29) is 0 Å². The SMILES string of the molecule is c1ccc(-c2ncc(CN3CCN(CC4CC4)CC3)[nH]2)cc1. The highest BCUT2D eigenvalue weighted by molar-refractivity contribution is 5.54.